The van der Waals surface area contributed by atoms with Crippen LogP contribution in [0.2, 0.25) is 0 Å². The molecule has 0 spiro atoms. The van der Waals surface area contributed by atoms with Crippen LogP contribution in [0.25, 0.3) is 11.3 Å². The Hall–Kier alpha value is -2.68. The van der Waals surface area contributed by atoms with Gasteiger partial charge in [-0.15, -0.1) is 0 Å². The molecule has 1 aromatic heterocycles. The van der Waals surface area contributed by atoms with Crippen molar-refractivity contribution in [2.75, 3.05) is 0 Å². The molecule has 0 saturated carbocycles. The molecule has 3 nitrogen and oxygen atoms in total. The van der Waals surface area contributed by atoms with E-state index in [1.54, 1.807) is 4.57 Å². The SMILES string of the molecule is CCC1(C)Cc2ccccc2-c2nc(Cc3ccccc3)n(C)c(=O)c21. The molecule has 3 heteroatoms. The standard InChI is InChI=1S/C23H24N2O/c1-4-23(2)15-17-12-8-9-13-18(17)21-20(23)22(26)25(3)19(24-21)14-16-10-6-5-7-11-16/h5-13H,4,14-15H2,1-3H3. The molecule has 1 unspecified atom stereocenters. The molecule has 2 aromatic carbocycles. The lowest BCUT2D eigenvalue weighted by atomic mass is 9.69. The van der Waals surface area contributed by atoms with Crippen molar-refractivity contribution in [3.05, 3.63) is 87.5 Å². The van der Waals surface area contributed by atoms with E-state index < -0.39 is 0 Å². The summed E-state index contributed by atoms with van der Waals surface area (Å²) in [6.07, 6.45) is 2.47. The zero-order valence-corrected chi connectivity index (χ0v) is 15.6. The largest absolute Gasteiger partial charge is 0.299 e. The Bertz CT molecular complexity index is 1020. The summed E-state index contributed by atoms with van der Waals surface area (Å²) < 4.78 is 1.74. The molecule has 0 amide bonds. The van der Waals surface area contributed by atoms with E-state index in [9.17, 15) is 4.79 Å². The fourth-order valence-electron chi connectivity index (χ4n) is 4.04. The molecule has 0 radical (unpaired) electrons. The zero-order valence-electron chi connectivity index (χ0n) is 15.6. The lowest BCUT2D eigenvalue weighted by molar-refractivity contribution is 0.435. The molecule has 0 bridgehead atoms. The highest BCUT2D eigenvalue weighted by atomic mass is 16.1. The number of rotatable bonds is 3. The number of hydrogen-bond donors (Lipinski definition) is 0. The smallest absolute Gasteiger partial charge is 0.257 e. The number of fused-ring (bicyclic) bond motifs is 3. The molecule has 3 aromatic rings. The maximum Gasteiger partial charge on any atom is 0.257 e. The molecule has 1 heterocycles. The van der Waals surface area contributed by atoms with Gasteiger partial charge in [-0.1, -0.05) is 68.4 Å². The van der Waals surface area contributed by atoms with Crippen molar-refractivity contribution in [3.8, 4) is 11.3 Å². The Morgan fingerprint density at radius 1 is 1.08 bits per heavy atom. The highest BCUT2D eigenvalue weighted by Gasteiger charge is 2.37. The number of benzene rings is 2. The van der Waals surface area contributed by atoms with Crippen molar-refractivity contribution in [1.82, 2.24) is 9.55 Å². The highest BCUT2D eigenvalue weighted by Crippen LogP contribution is 2.42. The first kappa shape index (κ1) is 16.8. The fourth-order valence-corrected chi connectivity index (χ4v) is 4.04. The van der Waals surface area contributed by atoms with Gasteiger partial charge in [0.1, 0.15) is 5.82 Å². The van der Waals surface area contributed by atoms with Gasteiger partial charge < -0.3 is 0 Å². The predicted molar refractivity (Wildman–Crippen MR) is 106 cm³/mol. The van der Waals surface area contributed by atoms with Crippen LogP contribution in [0, 0.1) is 0 Å². The Morgan fingerprint density at radius 2 is 1.77 bits per heavy atom. The third-order valence-electron chi connectivity index (χ3n) is 5.83. The summed E-state index contributed by atoms with van der Waals surface area (Å²) in [5.41, 5.74) is 5.24. The Kier molecular flexibility index (Phi) is 4.03. The van der Waals surface area contributed by atoms with Gasteiger partial charge in [0.2, 0.25) is 0 Å². The highest BCUT2D eigenvalue weighted by molar-refractivity contribution is 5.71. The van der Waals surface area contributed by atoms with Gasteiger partial charge in [-0.05, 0) is 24.0 Å². The Morgan fingerprint density at radius 3 is 2.50 bits per heavy atom. The average Bonchev–Trinajstić information content (AvgIpc) is 2.66. The summed E-state index contributed by atoms with van der Waals surface area (Å²) in [4.78, 5) is 18.3. The molecule has 1 aliphatic rings. The zero-order chi connectivity index (χ0) is 18.3. The summed E-state index contributed by atoms with van der Waals surface area (Å²) in [5, 5.41) is 0. The second-order valence-corrected chi connectivity index (χ2v) is 7.53. The maximum absolute atomic E-state index is 13.3. The van der Waals surface area contributed by atoms with Gasteiger partial charge in [0, 0.05) is 24.4 Å². The van der Waals surface area contributed by atoms with Crippen molar-refractivity contribution in [3.63, 3.8) is 0 Å². The second kappa shape index (κ2) is 6.24. The molecule has 1 aliphatic carbocycles. The van der Waals surface area contributed by atoms with Crippen molar-refractivity contribution in [1.29, 1.82) is 0 Å². The number of hydrogen-bond acceptors (Lipinski definition) is 2. The molecule has 132 valence electrons. The molecule has 4 rings (SSSR count). The molecule has 0 N–H and O–H groups in total. The molecule has 0 saturated heterocycles. The molecular formula is C23H24N2O. The van der Waals surface area contributed by atoms with Crippen LogP contribution in [0.5, 0.6) is 0 Å². The summed E-state index contributed by atoms with van der Waals surface area (Å²) in [6, 6.07) is 18.6. The van der Waals surface area contributed by atoms with E-state index in [1.165, 1.54) is 5.56 Å². The van der Waals surface area contributed by atoms with Crippen molar-refractivity contribution < 1.29 is 0 Å². The van der Waals surface area contributed by atoms with Gasteiger partial charge in [-0.3, -0.25) is 9.36 Å². The van der Waals surface area contributed by atoms with E-state index in [0.29, 0.717) is 6.42 Å². The van der Waals surface area contributed by atoms with Gasteiger partial charge in [0.05, 0.1) is 11.3 Å². The molecule has 26 heavy (non-hydrogen) atoms. The van der Waals surface area contributed by atoms with E-state index in [2.05, 4.69) is 44.2 Å². The molecular weight excluding hydrogens is 320 g/mol. The van der Waals surface area contributed by atoms with Crippen molar-refractivity contribution in [2.24, 2.45) is 7.05 Å². The topological polar surface area (TPSA) is 34.9 Å². The van der Waals surface area contributed by atoms with Crippen LogP contribution in [0.15, 0.2) is 59.4 Å². The van der Waals surface area contributed by atoms with Crippen LogP contribution in [0.4, 0.5) is 0 Å². The average molecular weight is 344 g/mol. The lowest BCUT2D eigenvalue weighted by Gasteiger charge is -2.35. The monoisotopic (exact) mass is 344 g/mol. The van der Waals surface area contributed by atoms with Crippen LogP contribution in [0.1, 0.15) is 42.8 Å². The Balaban J connectivity index is 1.96. The minimum absolute atomic E-state index is 0.0970. The summed E-state index contributed by atoms with van der Waals surface area (Å²) in [5.74, 6) is 0.815. The van der Waals surface area contributed by atoms with Crippen LogP contribution >= 0.6 is 0 Å². The van der Waals surface area contributed by atoms with Gasteiger partial charge in [0.15, 0.2) is 0 Å². The minimum atomic E-state index is -0.170. The van der Waals surface area contributed by atoms with Gasteiger partial charge in [-0.2, -0.15) is 0 Å². The molecule has 0 aliphatic heterocycles. The van der Waals surface area contributed by atoms with E-state index >= 15 is 0 Å². The Labute approximate surface area is 154 Å². The summed E-state index contributed by atoms with van der Waals surface area (Å²) in [7, 11) is 1.85. The normalized spacial score (nSPS) is 18.3. The first-order valence-corrected chi connectivity index (χ1v) is 9.26. The van der Waals surface area contributed by atoms with Crippen LogP contribution < -0.4 is 5.56 Å². The maximum atomic E-state index is 13.3. The lowest BCUT2D eigenvalue weighted by Crippen LogP contribution is -2.39. The molecule has 0 fully saturated rings. The summed E-state index contributed by atoms with van der Waals surface area (Å²) in [6.45, 7) is 4.36. The first-order chi connectivity index (χ1) is 12.5. The minimum Gasteiger partial charge on any atom is -0.299 e. The summed E-state index contributed by atoms with van der Waals surface area (Å²) >= 11 is 0. The van der Waals surface area contributed by atoms with E-state index in [-0.39, 0.29) is 11.0 Å². The second-order valence-electron chi connectivity index (χ2n) is 7.53. The third-order valence-corrected chi connectivity index (χ3v) is 5.83. The van der Waals surface area contributed by atoms with Crippen molar-refractivity contribution in [2.45, 2.75) is 38.5 Å². The first-order valence-electron chi connectivity index (χ1n) is 9.26. The van der Waals surface area contributed by atoms with E-state index in [1.807, 2.05) is 31.3 Å². The van der Waals surface area contributed by atoms with Gasteiger partial charge >= 0.3 is 0 Å². The quantitative estimate of drug-likeness (QED) is 0.711. The third kappa shape index (κ3) is 2.59. The fraction of sp³-hybridized carbons (Fsp3) is 0.304. The van der Waals surface area contributed by atoms with Gasteiger partial charge in [0.25, 0.3) is 5.56 Å². The van der Waals surface area contributed by atoms with Crippen LogP contribution in [0.3, 0.4) is 0 Å². The van der Waals surface area contributed by atoms with Crippen LogP contribution in [-0.4, -0.2) is 9.55 Å². The van der Waals surface area contributed by atoms with E-state index in [4.69, 9.17) is 4.98 Å². The van der Waals surface area contributed by atoms with Gasteiger partial charge in [-0.25, -0.2) is 4.98 Å². The predicted octanol–water partition coefficient (Wildman–Crippen LogP) is 4.26. The van der Waals surface area contributed by atoms with Crippen LogP contribution in [-0.2, 0) is 25.3 Å². The number of aromatic nitrogens is 2. The van der Waals surface area contributed by atoms with Crippen molar-refractivity contribution >= 4 is 0 Å². The molecule has 1 atom stereocenters. The number of nitrogens with zero attached hydrogens (tertiary/aromatic N) is 2. The van der Waals surface area contributed by atoms with E-state index in [0.717, 1.165) is 41.1 Å².